The fourth-order valence-electron chi connectivity index (χ4n) is 4.22. The van der Waals surface area contributed by atoms with Gasteiger partial charge in [0.25, 0.3) is 11.7 Å². The Kier molecular flexibility index (Phi) is 5.57. The van der Waals surface area contributed by atoms with Gasteiger partial charge in [-0.05, 0) is 50.1 Å². The van der Waals surface area contributed by atoms with E-state index < -0.39 is 17.7 Å². The first-order chi connectivity index (χ1) is 15.3. The van der Waals surface area contributed by atoms with Gasteiger partial charge in [0, 0.05) is 5.69 Å². The SMILES string of the molecule is COc1ccc(C)cc1/C(O)=C1\C(=O)C(=O)N(c2ccccc2C)C1c1cccc(C)c1. The quantitative estimate of drug-likeness (QED) is 0.351. The maximum Gasteiger partial charge on any atom is 0.300 e. The summed E-state index contributed by atoms with van der Waals surface area (Å²) in [5, 5.41) is 11.4. The Hall–Kier alpha value is -3.86. The first-order valence-electron chi connectivity index (χ1n) is 10.4. The lowest BCUT2D eigenvalue weighted by molar-refractivity contribution is -0.132. The van der Waals surface area contributed by atoms with E-state index in [0.29, 0.717) is 17.0 Å². The van der Waals surface area contributed by atoms with Crippen molar-refractivity contribution in [2.45, 2.75) is 26.8 Å². The molecule has 162 valence electrons. The lowest BCUT2D eigenvalue weighted by Gasteiger charge is -2.27. The third kappa shape index (κ3) is 3.56. The highest BCUT2D eigenvalue weighted by Crippen LogP contribution is 2.44. The van der Waals surface area contributed by atoms with Gasteiger partial charge in [0.05, 0.1) is 24.3 Å². The van der Waals surface area contributed by atoms with Crippen LogP contribution in [0.25, 0.3) is 5.76 Å². The van der Waals surface area contributed by atoms with Crippen molar-refractivity contribution >= 4 is 23.1 Å². The molecule has 1 aliphatic rings. The first kappa shape index (κ1) is 21.4. The molecule has 1 unspecified atom stereocenters. The fraction of sp³-hybridized carbons (Fsp3) is 0.185. The number of aryl methyl sites for hydroxylation is 3. The summed E-state index contributed by atoms with van der Waals surface area (Å²) in [6.07, 6.45) is 0. The zero-order chi connectivity index (χ0) is 23.0. The third-order valence-electron chi connectivity index (χ3n) is 5.79. The normalized spacial score (nSPS) is 17.6. The van der Waals surface area contributed by atoms with Crippen molar-refractivity contribution in [3.8, 4) is 5.75 Å². The number of carbonyl (C=O) groups excluding carboxylic acids is 2. The molecule has 3 aromatic rings. The number of aliphatic hydroxyl groups is 1. The number of hydrogen-bond donors (Lipinski definition) is 1. The Labute approximate surface area is 187 Å². The van der Waals surface area contributed by atoms with E-state index in [9.17, 15) is 14.7 Å². The van der Waals surface area contributed by atoms with Crippen LogP contribution in [0, 0.1) is 20.8 Å². The van der Waals surface area contributed by atoms with E-state index in [4.69, 9.17) is 4.74 Å². The van der Waals surface area contributed by atoms with Gasteiger partial charge in [0.15, 0.2) is 0 Å². The third-order valence-corrected chi connectivity index (χ3v) is 5.79. The molecule has 1 amide bonds. The minimum absolute atomic E-state index is 0.0488. The molecule has 0 radical (unpaired) electrons. The Morgan fingerprint density at radius 3 is 2.31 bits per heavy atom. The second-order valence-corrected chi connectivity index (χ2v) is 8.07. The van der Waals surface area contributed by atoms with Crippen molar-refractivity contribution < 1.29 is 19.4 Å². The Morgan fingerprint density at radius 2 is 1.62 bits per heavy atom. The van der Waals surface area contributed by atoms with E-state index in [-0.39, 0.29) is 11.3 Å². The molecule has 1 heterocycles. The number of benzene rings is 3. The van der Waals surface area contributed by atoms with Gasteiger partial charge in [-0.3, -0.25) is 14.5 Å². The van der Waals surface area contributed by atoms with Crippen LogP contribution >= 0.6 is 0 Å². The highest BCUT2D eigenvalue weighted by atomic mass is 16.5. The standard InChI is InChI=1S/C27H25NO4/c1-16-8-7-10-19(14-16)24-23(25(29)20-15-17(2)12-13-22(20)32-4)26(30)27(31)28(24)21-11-6-5-9-18(21)3/h5-15,24,29H,1-4H3/b25-23+. The van der Waals surface area contributed by atoms with Gasteiger partial charge in [0.1, 0.15) is 11.5 Å². The number of aliphatic hydroxyl groups excluding tert-OH is 1. The number of anilines is 1. The van der Waals surface area contributed by atoms with Gasteiger partial charge in [-0.2, -0.15) is 0 Å². The van der Waals surface area contributed by atoms with Gasteiger partial charge in [-0.25, -0.2) is 0 Å². The van der Waals surface area contributed by atoms with Crippen molar-refractivity contribution in [2.24, 2.45) is 0 Å². The Balaban J connectivity index is 2.02. The van der Waals surface area contributed by atoms with E-state index in [2.05, 4.69) is 0 Å². The monoisotopic (exact) mass is 427 g/mol. The van der Waals surface area contributed by atoms with E-state index >= 15 is 0 Å². The smallest absolute Gasteiger partial charge is 0.300 e. The molecule has 0 bridgehead atoms. The number of hydrogen-bond acceptors (Lipinski definition) is 4. The predicted octanol–water partition coefficient (Wildman–Crippen LogP) is 5.25. The average molecular weight is 428 g/mol. The minimum Gasteiger partial charge on any atom is -0.507 e. The van der Waals surface area contributed by atoms with E-state index in [1.165, 1.54) is 12.0 Å². The van der Waals surface area contributed by atoms with Crippen LogP contribution < -0.4 is 9.64 Å². The topological polar surface area (TPSA) is 66.8 Å². The van der Waals surface area contributed by atoms with E-state index in [0.717, 1.165) is 22.3 Å². The largest absolute Gasteiger partial charge is 0.507 e. The zero-order valence-corrected chi connectivity index (χ0v) is 18.5. The van der Waals surface area contributed by atoms with Gasteiger partial charge >= 0.3 is 0 Å². The van der Waals surface area contributed by atoms with Crippen LogP contribution in [0.1, 0.15) is 33.9 Å². The fourth-order valence-corrected chi connectivity index (χ4v) is 4.22. The second-order valence-electron chi connectivity index (χ2n) is 8.07. The van der Waals surface area contributed by atoms with E-state index in [1.54, 1.807) is 12.1 Å². The summed E-state index contributed by atoms with van der Waals surface area (Å²) in [5.41, 5.74) is 4.57. The van der Waals surface area contributed by atoms with Crippen LogP contribution in [-0.4, -0.2) is 23.9 Å². The summed E-state index contributed by atoms with van der Waals surface area (Å²) >= 11 is 0. The highest BCUT2D eigenvalue weighted by molar-refractivity contribution is 6.51. The number of methoxy groups -OCH3 is 1. The second kappa shape index (κ2) is 8.35. The maximum atomic E-state index is 13.3. The number of Topliss-reactive ketones (excluding diaryl/α,β-unsaturated/α-hetero) is 1. The number of nitrogens with zero attached hydrogens (tertiary/aromatic N) is 1. The van der Waals surface area contributed by atoms with Gasteiger partial charge in [0.2, 0.25) is 0 Å². The number of amides is 1. The minimum atomic E-state index is -0.763. The molecule has 1 atom stereocenters. The van der Waals surface area contributed by atoms with Crippen LogP contribution in [0.4, 0.5) is 5.69 Å². The highest BCUT2D eigenvalue weighted by Gasteiger charge is 2.47. The van der Waals surface area contributed by atoms with Crippen LogP contribution in [0.3, 0.4) is 0 Å². The van der Waals surface area contributed by atoms with Crippen molar-refractivity contribution in [2.75, 3.05) is 12.0 Å². The molecule has 1 N–H and O–H groups in total. The molecule has 0 spiro atoms. The maximum absolute atomic E-state index is 13.3. The number of carbonyl (C=O) groups is 2. The van der Waals surface area contributed by atoms with Crippen LogP contribution in [-0.2, 0) is 9.59 Å². The summed E-state index contributed by atoms with van der Waals surface area (Å²) in [6, 6.07) is 19.7. The molecular weight excluding hydrogens is 402 g/mol. The number of rotatable bonds is 4. The molecule has 4 rings (SSSR count). The molecule has 3 aromatic carbocycles. The number of ketones is 1. The molecule has 0 aromatic heterocycles. The molecule has 5 heteroatoms. The Bertz CT molecular complexity index is 1260. The van der Waals surface area contributed by atoms with Gasteiger partial charge in [-0.15, -0.1) is 0 Å². The molecule has 1 fully saturated rings. The van der Waals surface area contributed by atoms with Crippen LogP contribution in [0.5, 0.6) is 5.75 Å². The summed E-state index contributed by atoms with van der Waals surface area (Å²) < 4.78 is 5.43. The lowest BCUT2D eigenvalue weighted by Crippen LogP contribution is -2.30. The number of ether oxygens (including phenoxy) is 1. The molecule has 0 saturated carbocycles. The molecule has 5 nitrogen and oxygen atoms in total. The summed E-state index contributed by atoms with van der Waals surface area (Å²) in [5.74, 6) is -1.20. The molecule has 1 aliphatic heterocycles. The average Bonchev–Trinajstić information content (AvgIpc) is 3.04. The molecular formula is C27H25NO4. The summed E-state index contributed by atoms with van der Waals surface area (Å²) in [6.45, 7) is 5.73. The van der Waals surface area contributed by atoms with Crippen LogP contribution in [0.15, 0.2) is 72.3 Å². The predicted molar refractivity (Wildman–Crippen MR) is 125 cm³/mol. The lowest BCUT2D eigenvalue weighted by atomic mass is 9.93. The Morgan fingerprint density at radius 1 is 0.906 bits per heavy atom. The zero-order valence-electron chi connectivity index (χ0n) is 18.5. The van der Waals surface area contributed by atoms with Crippen molar-refractivity contribution in [3.05, 3.63) is 100 Å². The van der Waals surface area contributed by atoms with Gasteiger partial charge < -0.3 is 9.84 Å². The van der Waals surface area contributed by atoms with Crippen LogP contribution in [0.2, 0.25) is 0 Å². The molecule has 32 heavy (non-hydrogen) atoms. The first-order valence-corrected chi connectivity index (χ1v) is 10.4. The molecule has 0 aliphatic carbocycles. The number of para-hydroxylation sites is 1. The van der Waals surface area contributed by atoms with Gasteiger partial charge in [-0.1, -0.05) is 59.7 Å². The van der Waals surface area contributed by atoms with Crippen molar-refractivity contribution in [1.29, 1.82) is 0 Å². The summed E-state index contributed by atoms with van der Waals surface area (Å²) in [4.78, 5) is 28.1. The van der Waals surface area contributed by atoms with Crippen molar-refractivity contribution in [1.82, 2.24) is 0 Å². The molecule has 1 saturated heterocycles. The van der Waals surface area contributed by atoms with Crippen molar-refractivity contribution in [3.63, 3.8) is 0 Å². The summed E-state index contributed by atoms with van der Waals surface area (Å²) in [7, 11) is 1.51. The van der Waals surface area contributed by atoms with E-state index in [1.807, 2.05) is 75.4 Å².